The van der Waals surface area contributed by atoms with E-state index in [4.69, 9.17) is 11.5 Å². The highest BCUT2D eigenvalue weighted by atomic mass is 16.2. The minimum atomic E-state index is -0.145. The quantitative estimate of drug-likeness (QED) is 0.728. The molecule has 7 heteroatoms. The summed E-state index contributed by atoms with van der Waals surface area (Å²) in [6.45, 7) is 2.56. The average Bonchev–Trinajstić information content (AvgIpc) is 3.13. The second kappa shape index (κ2) is 6.93. The molecule has 136 valence electrons. The summed E-state index contributed by atoms with van der Waals surface area (Å²) >= 11 is 0. The van der Waals surface area contributed by atoms with Crippen LogP contribution in [0.15, 0.2) is 47.4 Å². The van der Waals surface area contributed by atoms with E-state index >= 15 is 0 Å². The zero-order chi connectivity index (χ0) is 18.1. The van der Waals surface area contributed by atoms with Gasteiger partial charge in [-0.1, -0.05) is 24.3 Å². The Labute approximate surface area is 151 Å². The molecule has 1 fully saturated rings. The zero-order valence-electron chi connectivity index (χ0n) is 14.7. The van der Waals surface area contributed by atoms with E-state index in [1.165, 1.54) is 4.52 Å². The molecule has 3 heterocycles. The highest BCUT2D eigenvalue weighted by Crippen LogP contribution is 2.22. The van der Waals surface area contributed by atoms with Crippen LogP contribution < -0.4 is 22.1 Å². The van der Waals surface area contributed by atoms with Crippen molar-refractivity contribution in [1.82, 2.24) is 14.2 Å². The van der Waals surface area contributed by atoms with Crippen LogP contribution in [0.2, 0.25) is 0 Å². The largest absolute Gasteiger partial charge is 0.356 e. The van der Waals surface area contributed by atoms with E-state index in [9.17, 15) is 4.79 Å². The van der Waals surface area contributed by atoms with E-state index in [-0.39, 0.29) is 11.7 Å². The maximum atomic E-state index is 13.1. The van der Waals surface area contributed by atoms with Crippen molar-refractivity contribution in [3.63, 3.8) is 0 Å². The van der Waals surface area contributed by atoms with E-state index < -0.39 is 0 Å². The van der Waals surface area contributed by atoms with Crippen molar-refractivity contribution in [2.45, 2.75) is 32.0 Å². The molecular weight excluding hydrogens is 328 g/mol. The van der Waals surface area contributed by atoms with Gasteiger partial charge in [0.2, 0.25) is 0 Å². The van der Waals surface area contributed by atoms with E-state index in [0.717, 1.165) is 48.4 Å². The number of aromatic nitrogens is 3. The van der Waals surface area contributed by atoms with Crippen LogP contribution in [-0.4, -0.2) is 33.3 Å². The summed E-state index contributed by atoms with van der Waals surface area (Å²) in [4.78, 5) is 15.3. The number of nitrogens with two attached hydrogens (primary N) is 2. The SMILES string of the molecule is NCc1ccccc1Cn1c(N2CCCC(N)C2)cc2ccnn2c1=O. The molecule has 2 aromatic heterocycles. The van der Waals surface area contributed by atoms with Crippen LogP contribution >= 0.6 is 0 Å². The number of fused-ring (bicyclic) bond motifs is 1. The molecule has 3 aromatic rings. The summed E-state index contributed by atoms with van der Waals surface area (Å²) in [6.07, 6.45) is 3.70. The van der Waals surface area contributed by atoms with Crippen molar-refractivity contribution in [2.24, 2.45) is 11.5 Å². The van der Waals surface area contributed by atoms with Crippen LogP contribution in [0.5, 0.6) is 0 Å². The number of piperidine rings is 1. The standard InChI is InChI=1S/C19H24N6O/c20-11-14-4-1-2-5-15(14)12-24-18(23-9-3-6-16(21)13-23)10-17-7-8-22-25(17)19(24)26/h1-2,4-5,7-8,10,16H,3,6,9,11-13,20-21H2. The minimum Gasteiger partial charge on any atom is -0.356 e. The summed E-state index contributed by atoms with van der Waals surface area (Å²) in [5.74, 6) is 0.893. The lowest BCUT2D eigenvalue weighted by molar-refractivity contribution is 0.493. The van der Waals surface area contributed by atoms with Crippen LogP contribution in [0.4, 0.5) is 5.82 Å². The van der Waals surface area contributed by atoms with Crippen molar-refractivity contribution in [2.75, 3.05) is 18.0 Å². The molecule has 0 bridgehead atoms. The first kappa shape index (κ1) is 16.8. The van der Waals surface area contributed by atoms with E-state index in [1.807, 2.05) is 36.4 Å². The summed E-state index contributed by atoms with van der Waals surface area (Å²) in [6, 6.07) is 12.0. The van der Waals surface area contributed by atoms with Gasteiger partial charge in [0, 0.05) is 31.7 Å². The Hall–Kier alpha value is -2.64. The molecule has 1 atom stereocenters. The molecule has 0 amide bonds. The fourth-order valence-corrected chi connectivity index (χ4v) is 3.72. The molecule has 0 radical (unpaired) electrons. The molecule has 1 unspecified atom stereocenters. The van der Waals surface area contributed by atoms with Crippen molar-refractivity contribution in [1.29, 1.82) is 0 Å². The van der Waals surface area contributed by atoms with Gasteiger partial charge in [-0.15, -0.1) is 0 Å². The average molecular weight is 352 g/mol. The summed E-state index contributed by atoms with van der Waals surface area (Å²) in [5, 5.41) is 4.18. The predicted octanol–water partition coefficient (Wildman–Crippen LogP) is 0.930. The van der Waals surface area contributed by atoms with E-state index in [2.05, 4.69) is 10.00 Å². The second-order valence-corrected chi connectivity index (χ2v) is 6.86. The van der Waals surface area contributed by atoms with Crippen molar-refractivity contribution in [3.05, 3.63) is 64.2 Å². The first-order valence-electron chi connectivity index (χ1n) is 9.02. The Bertz CT molecular complexity index is 976. The van der Waals surface area contributed by atoms with Gasteiger partial charge in [-0.3, -0.25) is 4.57 Å². The Morgan fingerprint density at radius 2 is 2.00 bits per heavy atom. The molecule has 4 N–H and O–H groups in total. The predicted molar refractivity (Wildman–Crippen MR) is 102 cm³/mol. The summed E-state index contributed by atoms with van der Waals surface area (Å²) in [7, 11) is 0. The topological polar surface area (TPSA) is 94.6 Å². The van der Waals surface area contributed by atoms with Crippen molar-refractivity contribution in [3.8, 4) is 0 Å². The molecule has 1 aliphatic rings. The lowest BCUT2D eigenvalue weighted by Gasteiger charge is -2.34. The first-order valence-corrected chi connectivity index (χ1v) is 9.02. The van der Waals surface area contributed by atoms with Gasteiger partial charge in [0.1, 0.15) is 5.82 Å². The molecule has 0 spiro atoms. The molecule has 7 nitrogen and oxygen atoms in total. The first-order chi connectivity index (χ1) is 12.7. The van der Waals surface area contributed by atoms with Crippen molar-refractivity contribution < 1.29 is 0 Å². The van der Waals surface area contributed by atoms with Gasteiger partial charge >= 0.3 is 5.69 Å². The second-order valence-electron chi connectivity index (χ2n) is 6.86. The minimum absolute atomic E-state index is 0.129. The maximum absolute atomic E-state index is 13.1. The van der Waals surface area contributed by atoms with Gasteiger partial charge in [-0.2, -0.15) is 9.61 Å². The van der Waals surface area contributed by atoms with Gasteiger partial charge in [0.25, 0.3) is 0 Å². The highest BCUT2D eigenvalue weighted by molar-refractivity contribution is 5.56. The molecule has 26 heavy (non-hydrogen) atoms. The highest BCUT2D eigenvalue weighted by Gasteiger charge is 2.22. The third-order valence-electron chi connectivity index (χ3n) is 5.09. The van der Waals surface area contributed by atoms with Crippen molar-refractivity contribution >= 4 is 11.3 Å². The molecule has 0 aliphatic carbocycles. The monoisotopic (exact) mass is 352 g/mol. The van der Waals surface area contributed by atoms with Crippen LogP contribution in [0.3, 0.4) is 0 Å². The molecule has 4 rings (SSSR count). The smallest absolute Gasteiger partial charge is 0.351 e. The number of hydrogen-bond donors (Lipinski definition) is 2. The number of nitrogens with zero attached hydrogens (tertiary/aromatic N) is 4. The van der Waals surface area contributed by atoms with Gasteiger partial charge in [0.15, 0.2) is 0 Å². The van der Waals surface area contributed by atoms with Crippen LogP contribution in [0.1, 0.15) is 24.0 Å². The number of rotatable bonds is 4. The fraction of sp³-hybridized carbons (Fsp3) is 0.368. The lowest BCUT2D eigenvalue weighted by Crippen LogP contribution is -2.45. The van der Waals surface area contributed by atoms with Gasteiger partial charge < -0.3 is 16.4 Å². The van der Waals surface area contributed by atoms with Gasteiger partial charge in [0.05, 0.1) is 18.3 Å². The molecule has 1 aromatic carbocycles. The molecular formula is C19H24N6O. The molecule has 1 aliphatic heterocycles. The third kappa shape index (κ3) is 3.00. The van der Waals surface area contributed by atoms with Crippen LogP contribution in [-0.2, 0) is 13.1 Å². The third-order valence-corrected chi connectivity index (χ3v) is 5.09. The number of hydrogen-bond acceptors (Lipinski definition) is 5. The summed E-state index contributed by atoms with van der Waals surface area (Å²) < 4.78 is 3.23. The van der Waals surface area contributed by atoms with E-state index in [1.54, 1.807) is 10.8 Å². The Balaban J connectivity index is 1.84. The normalized spacial score (nSPS) is 17.8. The Morgan fingerprint density at radius 3 is 2.77 bits per heavy atom. The zero-order valence-corrected chi connectivity index (χ0v) is 14.7. The Morgan fingerprint density at radius 1 is 1.19 bits per heavy atom. The molecule has 0 saturated carbocycles. The summed E-state index contributed by atoms with van der Waals surface area (Å²) in [5.41, 5.74) is 14.8. The van der Waals surface area contributed by atoms with Gasteiger partial charge in [-0.25, -0.2) is 4.79 Å². The lowest BCUT2D eigenvalue weighted by atomic mass is 10.1. The fourth-order valence-electron chi connectivity index (χ4n) is 3.72. The van der Waals surface area contributed by atoms with Crippen LogP contribution in [0, 0.1) is 0 Å². The van der Waals surface area contributed by atoms with E-state index in [0.29, 0.717) is 13.1 Å². The maximum Gasteiger partial charge on any atom is 0.351 e. The number of anilines is 1. The Kier molecular flexibility index (Phi) is 4.48. The number of benzene rings is 1. The molecule has 1 saturated heterocycles. The van der Waals surface area contributed by atoms with Crippen LogP contribution in [0.25, 0.3) is 5.52 Å². The van der Waals surface area contributed by atoms with Gasteiger partial charge in [-0.05, 0) is 30.0 Å².